The molecular weight excluding hydrogens is 449 g/mol. The number of amides is 1. The third kappa shape index (κ3) is 4.33. The molecular formula is C21H21Cl2NO5S. The largest absolute Gasteiger partial charge is 0.444 e. The zero-order valence-corrected chi connectivity index (χ0v) is 18.9. The second kappa shape index (κ2) is 7.87. The van der Waals surface area contributed by atoms with E-state index in [0.29, 0.717) is 21.9 Å². The van der Waals surface area contributed by atoms with Crippen LogP contribution in [0.5, 0.6) is 0 Å². The van der Waals surface area contributed by atoms with E-state index in [1.165, 1.54) is 24.3 Å². The number of hydrogen-bond donors (Lipinski definition) is 1. The summed E-state index contributed by atoms with van der Waals surface area (Å²) in [4.78, 5) is 24.6. The van der Waals surface area contributed by atoms with E-state index in [4.69, 9.17) is 27.9 Å². The fourth-order valence-corrected chi connectivity index (χ4v) is 6.00. The topological polar surface area (TPSA) is 89.5 Å². The van der Waals surface area contributed by atoms with Crippen molar-refractivity contribution in [1.82, 2.24) is 5.32 Å². The first-order chi connectivity index (χ1) is 13.9. The molecule has 3 atom stereocenters. The van der Waals surface area contributed by atoms with Gasteiger partial charge in [0.2, 0.25) is 0 Å². The van der Waals surface area contributed by atoms with Crippen LogP contribution in [0.25, 0.3) is 0 Å². The lowest BCUT2D eigenvalue weighted by molar-refractivity contribution is -0.110. The summed E-state index contributed by atoms with van der Waals surface area (Å²) in [5.74, 6) is -0.805. The Morgan fingerprint density at radius 1 is 1.03 bits per heavy atom. The summed E-state index contributed by atoms with van der Waals surface area (Å²) in [6.07, 6.45) is -0.406. The van der Waals surface area contributed by atoms with Gasteiger partial charge in [-0.05, 0) is 62.7 Å². The molecule has 9 heteroatoms. The Labute approximate surface area is 185 Å². The number of rotatable bonds is 5. The van der Waals surface area contributed by atoms with Crippen molar-refractivity contribution < 1.29 is 22.7 Å². The minimum Gasteiger partial charge on any atom is -0.444 e. The smallest absolute Gasteiger partial charge is 0.408 e. The lowest BCUT2D eigenvalue weighted by atomic mass is 10.1. The molecule has 0 bridgehead atoms. The predicted octanol–water partition coefficient (Wildman–Crippen LogP) is 4.40. The van der Waals surface area contributed by atoms with E-state index >= 15 is 0 Å². The van der Waals surface area contributed by atoms with Crippen molar-refractivity contribution in [3.63, 3.8) is 0 Å². The van der Waals surface area contributed by atoms with Gasteiger partial charge in [-0.25, -0.2) is 13.2 Å². The van der Waals surface area contributed by atoms with Gasteiger partial charge in [-0.1, -0.05) is 35.3 Å². The first-order valence-electron chi connectivity index (χ1n) is 9.13. The first kappa shape index (κ1) is 22.6. The third-order valence-corrected chi connectivity index (χ3v) is 7.56. The quantitative estimate of drug-likeness (QED) is 0.655. The van der Waals surface area contributed by atoms with E-state index < -0.39 is 38.2 Å². The summed E-state index contributed by atoms with van der Waals surface area (Å²) in [6, 6.07) is 12.1. The zero-order chi connectivity index (χ0) is 22.3. The second-order valence-electron chi connectivity index (χ2n) is 8.13. The van der Waals surface area contributed by atoms with Crippen LogP contribution in [0.15, 0.2) is 53.4 Å². The van der Waals surface area contributed by atoms with Crippen molar-refractivity contribution in [2.75, 3.05) is 0 Å². The van der Waals surface area contributed by atoms with Crippen LogP contribution in [-0.2, 0) is 19.4 Å². The van der Waals surface area contributed by atoms with Crippen LogP contribution in [-0.4, -0.2) is 37.2 Å². The average molecular weight is 470 g/mol. The predicted molar refractivity (Wildman–Crippen MR) is 115 cm³/mol. The summed E-state index contributed by atoms with van der Waals surface area (Å²) >= 11 is 11.8. The molecule has 1 fully saturated rings. The minimum absolute atomic E-state index is 0.00516. The molecule has 1 aliphatic carbocycles. The van der Waals surface area contributed by atoms with Crippen molar-refractivity contribution in [3.05, 3.63) is 64.1 Å². The summed E-state index contributed by atoms with van der Waals surface area (Å²) in [5.41, 5.74) is -1.93. The molecule has 1 amide bonds. The highest BCUT2D eigenvalue weighted by Gasteiger charge is 2.73. The van der Waals surface area contributed by atoms with Gasteiger partial charge in [-0.15, -0.1) is 0 Å². The highest BCUT2D eigenvalue weighted by Crippen LogP contribution is 2.56. The van der Waals surface area contributed by atoms with E-state index in [9.17, 15) is 18.0 Å². The van der Waals surface area contributed by atoms with E-state index in [1.54, 1.807) is 45.0 Å². The van der Waals surface area contributed by atoms with Gasteiger partial charge in [-0.2, -0.15) is 0 Å². The maximum Gasteiger partial charge on any atom is 0.408 e. The highest BCUT2D eigenvalue weighted by molar-refractivity contribution is 7.92. The number of carbonyl (C=O) groups is 2. The van der Waals surface area contributed by atoms with Gasteiger partial charge in [-0.3, -0.25) is 0 Å². The Bertz CT molecular complexity index is 1060. The van der Waals surface area contributed by atoms with Crippen LogP contribution in [0.1, 0.15) is 32.3 Å². The molecule has 0 spiro atoms. The number of hydrogen-bond acceptors (Lipinski definition) is 5. The molecule has 30 heavy (non-hydrogen) atoms. The van der Waals surface area contributed by atoms with Crippen molar-refractivity contribution >= 4 is 45.4 Å². The molecule has 0 saturated heterocycles. The van der Waals surface area contributed by atoms with E-state index in [0.717, 1.165) is 0 Å². The Kier molecular flexibility index (Phi) is 5.93. The highest BCUT2D eigenvalue weighted by atomic mass is 35.5. The van der Waals surface area contributed by atoms with Crippen LogP contribution in [0.2, 0.25) is 10.0 Å². The molecule has 0 radical (unpaired) electrons. The van der Waals surface area contributed by atoms with Crippen molar-refractivity contribution in [1.29, 1.82) is 0 Å². The molecule has 160 valence electrons. The van der Waals surface area contributed by atoms with Gasteiger partial charge in [0.15, 0.2) is 9.84 Å². The standard InChI is InChI=1S/C21H21Cl2NO5S/c1-20(2,3)29-19(26)24-21(12-25)17(13-4-6-14(22)7-5-13)18(21)30(27,28)16-10-8-15(23)9-11-16/h4-12,17-18H,1-3H3,(H,24,26). The van der Waals surface area contributed by atoms with Crippen LogP contribution >= 0.6 is 23.2 Å². The van der Waals surface area contributed by atoms with Crippen LogP contribution in [0.3, 0.4) is 0 Å². The Balaban J connectivity index is 2.04. The Hall–Kier alpha value is -2.09. The third-order valence-electron chi connectivity index (χ3n) is 4.80. The maximum atomic E-state index is 13.4. The molecule has 0 aromatic heterocycles. The number of alkyl carbamates (subject to hydrolysis) is 1. The van der Waals surface area contributed by atoms with Gasteiger partial charge in [0.1, 0.15) is 22.7 Å². The summed E-state index contributed by atoms with van der Waals surface area (Å²) < 4.78 is 32.0. The second-order valence-corrected chi connectivity index (χ2v) is 11.1. The van der Waals surface area contributed by atoms with Crippen molar-refractivity contribution in [2.24, 2.45) is 0 Å². The van der Waals surface area contributed by atoms with Crippen LogP contribution in [0.4, 0.5) is 4.79 Å². The zero-order valence-electron chi connectivity index (χ0n) is 16.6. The molecule has 0 aliphatic heterocycles. The van der Waals surface area contributed by atoms with E-state index in [1.807, 2.05) is 0 Å². The molecule has 0 heterocycles. The molecule has 3 unspecified atom stereocenters. The Morgan fingerprint density at radius 3 is 2.00 bits per heavy atom. The van der Waals surface area contributed by atoms with Crippen molar-refractivity contribution in [2.45, 2.75) is 48.0 Å². The van der Waals surface area contributed by atoms with Gasteiger partial charge < -0.3 is 14.8 Å². The number of sulfone groups is 1. The average Bonchev–Trinajstić information content (AvgIpc) is 3.30. The summed E-state index contributed by atoms with van der Waals surface area (Å²) in [6.45, 7) is 5.02. The maximum absolute atomic E-state index is 13.4. The SMILES string of the molecule is CC(C)(C)OC(=O)NC1(C=O)C(c2ccc(Cl)cc2)C1S(=O)(=O)c1ccc(Cl)cc1. The fraction of sp³-hybridized carbons (Fsp3) is 0.333. The lowest BCUT2D eigenvalue weighted by Crippen LogP contribution is -2.45. The fourth-order valence-electron chi connectivity index (χ4n) is 3.50. The lowest BCUT2D eigenvalue weighted by Gasteiger charge is -2.22. The van der Waals surface area contributed by atoms with Gasteiger partial charge in [0, 0.05) is 16.0 Å². The van der Waals surface area contributed by atoms with Gasteiger partial charge in [0.05, 0.1) is 4.90 Å². The molecule has 1 N–H and O–H groups in total. The number of nitrogens with one attached hydrogen (secondary N) is 1. The number of halogens is 2. The number of benzene rings is 2. The molecule has 1 aliphatic rings. The van der Waals surface area contributed by atoms with Crippen molar-refractivity contribution in [3.8, 4) is 0 Å². The number of aldehydes is 1. The first-order valence-corrected chi connectivity index (χ1v) is 11.4. The van der Waals surface area contributed by atoms with E-state index in [-0.39, 0.29) is 4.90 Å². The molecule has 3 rings (SSSR count). The number of carbonyl (C=O) groups excluding carboxylic acids is 2. The minimum atomic E-state index is -3.99. The normalized spacial score (nSPS) is 23.5. The molecule has 2 aromatic carbocycles. The molecule has 2 aromatic rings. The van der Waals surface area contributed by atoms with Gasteiger partial charge >= 0.3 is 6.09 Å². The molecule has 1 saturated carbocycles. The summed E-state index contributed by atoms with van der Waals surface area (Å²) in [7, 11) is -3.99. The molecule has 6 nitrogen and oxygen atoms in total. The van der Waals surface area contributed by atoms with Crippen LogP contribution < -0.4 is 5.32 Å². The number of ether oxygens (including phenoxy) is 1. The summed E-state index contributed by atoms with van der Waals surface area (Å²) in [5, 5.41) is 2.14. The van der Waals surface area contributed by atoms with Gasteiger partial charge in [0.25, 0.3) is 0 Å². The van der Waals surface area contributed by atoms with E-state index in [2.05, 4.69) is 5.32 Å². The Morgan fingerprint density at radius 2 is 1.53 bits per heavy atom. The monoisotopic (exact) mass is 469 g/mol. The van der Waals surface area contributed by atoms with Crippen LogP contribution in [0, 0.1) is 0 Å².